The van der Waals surface area contributed by atoms with Crippen LogP contribution in [0, 0.1) is 11.3 Å². The summed E-state index contributed by atoms with van der Waals surface area (Å²) in [6.45, 7) is 7.80. The third-order valence-corrected chi connectivity index (χ3v) is 7.52. The smallest absolute Gasteiger partial charge is 0.264 e. The van der Waals surface area contributed by atoms with Crippen molar-refractivity contribution in [3.63, 3.8) is 0 Å². The van der Waals surface area contributed by atoms with Crippen LogP contribution in [-0.4, -0.2) is 89.8 Å². The third kappa shape index (κ3) is 7.95. The Kier molecular flexibility index (Phi) is 10.8. The number of nitrogens with one attached hydrogen (secondary N) is 3. The van der Waals surface area contributed by atoms with Crippen LogP contribution in [0.5, 0.6) is 0 Å². The zero-order valence-corrected chi connectivity index (χ0v) is 22.3. The molecule has 4 N–H and O–H groups in total. The summed E-state index contributed by atoms with van der Waals surface area (Å²) in [5.74, 6) is -0.955. The summed E-state index contributed by atoms with van der Waals surface area (Å²) in [5, 5.41) is 27.5. The lowest BCUT2D eigenvalue weighted by Crippen LogP contribution is -2.34. The minimum Gasteiger partial charge on any atom is -0.392 e. The van der Waals surface area contributed by atoms with E-state index in [1.807, 2.05) is 12.1 Å². The first-order valence-electron chi connectivity index (χ1n) is 12.8. The standard InChI is InChI=1S/C26H36N6O4S/c1-3-32-25(36)22(37-26(32)21(15-27)24(35)30-16-18(2)33)17-29-20-9-6-8-19(14-20)23(34)28-10-7-13-31-11-4-5-12-31/h6,8-9,14,18,22,29,33H,3-5,7,10-13,16-17H2,1-2H3,(H,28,34)(H,30,35)/b26-21-. The zero-order chi connectivity index (χ0) is 26.8. The maximum atomic E-state index is 13.0. The van der Waals surface area contributed by atoms with Gasteiger partial charge in [-0.05, 0) is 70.9 Å². The van der Waals surface area contributed by atoms with Crippen LogP contribution in [0.15, 0.2) is 34.9 Å². The number of aliphatic hydroxyl groups is 1. The van der Waals surface area contributed by atoms with Crippen LogP contribution >= 0.6 is 11.8 Å². The molecule has 2 unspecified atom stereocenters. The molecule has 3 amide bonds. The molecule has 10 nitrogen and oxygen atoms in total. The van der Waals surface area contributed by atoms with Gasteiger partial charge in [-0.15, -0.1) is 0 Å². The lowest BCUT2D eigenvalue weighted by molar-refractivity contribution is -0.127. The molecular formula is C26H36N6O4S. The first-order valence-corrected chi connectivity index (χ1v) is 13.6. The van der Waals surface area contributed by atoms with Crippen LogP contribution in [0.2, 0.25) is 0 Å². The van der Waals surface area contributed by atoms with Crippen LogP contribution in [0.25, 0.3) is 0 Å². The van der Waals surface area contributed by atoms with Crippen molar-refractivity contribution in [2.75, 3.05) is 51.1 Å². The highest BCUT2D eigenvalue weighted by molar-refractivity contribution is 8.04. The van der Waals surface area contributed by atoms with E-state index in [1.54, 1.807) is 25.1 Å². The summed E-state index contributed by atoms with van der Waals surface area (Å²) >= 11 is 1.16. The van der Waals surface area contributed by atoms with E-state index in [1.165, 1.54) is 24.7 Å². The summed E-state index contributed by atoms with van der Waals surface area (Å²) in [7, 11) is 0. The van der Waals surface area contributed by atoms with Crippen molar-refractivity contribution >= 4 is 35.2 Å². The van der Waals surface area contributed by atoms with Gasteiger partial charge in [-0.2, -0.15) is 5.26 Å². The summed E-state index contributed by atoms with van der Waals surface area (Å²) < 4.78 is 0. The van der Waals surface area contributed by atoms with Crippen molar-refractivity contribution in [3.8, 4) is 6.07 Å². The highest BCUT2D eigenvalue weighted by Gasteiger charge is 2.38. The molecule has 2 saturated heterocycles. The zero-order valence-electron chi connectivity index (χ0n) is 21.5. The number of rotatable bonds is 12. The Morgan fingerprint density at radius 3 is 2.70 bits per heavy atom. The van der Waals surface area contributed by atoms with Crippen LogP contribution < -0.4 is 16.0 Å². The topological polar surface area (TPSA) is 138 Å². The molecule has 11 heteroatoms. The van der Waals surface area contributed by atoms with Gasteiger partial charge in [-0.1, -0.05) is 17.8 Å². The number of hydrogen-bond donors (Lipinski definition) is 4. The molecule has 2 aliphatic heterocycles. The van der Waals surface area contributed by atoms with E-state index >= 15 is 0 Å². The Balaban J connectivity index is 1.57. The number of benzene rings is 1. The molecule has 2 atom stereocenters. The summed E-state index contributed by atoms with van der Waals surface area (Å²) in [6.07, 6.45) is 2.67. The number of aliphatic hydroxyl groups excluding tert-OH is 1. The van der Waals surface area contributed by atoms with Gasteiger partial charge >= 0.3 is 0 Å². The quantitative estimate of drug-likeness (QED) is 0.182. The molecule has 37 heavy (non-hydrogen) atoms. The second-order valence-electron chi connectivity index (χ2n) is 9.16. The van der Waals surface area contributed by atoms with Gasteiger partial charge < -0.3 is 30.9 Å². The van der Waals surface area contributed by atoms with Crippen molar-refractivity contribution < 1.29 is 19.5 Å². The number of carbonyl (C=O) groups excluding carboxylic acids is 3. The summed E-state index contributed by atoms with van der Waals surface area (Å²) in [6, 6.07) is 9.02. The normalized spacial score (nSPS) is 19.9. The number of thioether (sulfide) groups is 1. The van der Waals surface area contributed by atoms with E-state index in [4.69, 9.17) is 0 Å². The number of hydrogen-bond acceptors (Lipinski definition) is 8. The van der Waals surface area contributed by atoms with Gasteiger partial charge in [0.1, 0.15) is 21.9 Å². The van der Waals surface area contributed by atoms with Gasteiger partial charge in [0.15, 0.2) is 0 Å². The predicted molar refractivity (Wildman–Crippen MR) is 144 cm³/mol. The minimum atomic E-state index is -0.751. The molecule has 1 aromatic rings. The molecule has 0 saturated carbocycles. The third-order valence-electron chi connectivity index (χ3n) is 6.22. The minimum absolute atomic E-state index is 0.00930. The van der Waals surface area contributed by atoms with Crippen LogP contribution in [0.1, 0.15) is 43.5 Å². The molecule has 1 aromatic carbocycles. The molecule has 2 aliphatic rings. The van der Waals surface area contributed by atoms with Gasteiger partial charge in [0.2, 0.25) is 5.91 Å². The SMILES string of the molecule is CCN1C(=O)C(CNc2cccc(C(=O)NCCCN3CCCC3)c2)S/C1=C(/C#N)C(=O)NCC(C)O. The monoisotopic (exact) mass is 528 g/mol. The van der Waals surface area contributed by atoms with Crippen molar-refractivity contribution in [2.24, 2.45) is 0 Å². The average Bonchev–Trinajstić information content (AvgIpc) is 3.52. The molecule has 0 spiro atoms. The Bertz CT molecular complexity index is 1050. The molecule has 200 valence electrons. The van der Waals surface area contributed by atoms with E-state index in [0.29, 0.717) is 29.4 Å². The number of anilines is 1. The highest BCUT2D eigenvalue weighted by Crippen LogP contribution is 2.37. The number of amides is 3. The van der Waals surface area contributed by atoms with Crippen LogP contribution in [0.4, 0.5) is 5.69 Å². The lowest BCUT2D eigenvalue weighted by Gasteiger charge is -2.16. The molecule has 0 aromatic heterocycles. The van der Waals surface area contributed by atoms with Crippen molar-refractivity contribution in [3.05, 3.63) is 40.4 Å². The second kappa shape index (κ2) is 14.0. The van der Waals surface area contributed by atoms with E-state index in [-0.39, 0.29) is 30.5 Å². The molecular weight excluding hydrogens is 492 g/mol. The van der Waals surface area contributed by atoms with Gasteiger partial charge in [0.25, 0.3) is 11.8 Å². The molecule has 3 rings (SSSR count). The number of carbonyl (C=O) groups is 3. The Morgan fingerprint density at radius 2 is 2.03 bits per heavy atom. The van der Waals surface area contributed by atoms with Gasteiger partial charge in [-0.3, -0.25) is 14.4 Å². The molecule has 2 heterocycles. The fourth-order valence-electron chi connectivity index (χ4n) is 4.26. The van der Waals surface area contributed by atoms with Crippen molar-refractivity contribution in [1.82, 2.24) is 20.4 Å². The lowest BCUT2D eigenvalue weighted by atomic mass is 10.2. The highest BCUT2D eigenvalue weighted by atomic mass is 32.2. The fourth-order valence-corrected chi connectivity index (χ4v) is 5.53. The molecule has 0 aliphatic carbocycles. The van der Waals surface area contributed by atoms with E-state index < -0.39 is 17.3 Å². The van der Waals surface area contributed by atoms with Crippen molar-refractivity contribution in [1.29, 1.82) is 5.26 Å². The number of nitriles is 1. The first-order chi connectivity index (χ1) is 17.8. The van der Waals surface area contributed by atoms with Crippen molar-refractivity contribution in [2.45, 2.75) is 44.5 Å². The summed E-state index contributed by atoms with van der Waals surface area (Å²) in [4.78, 5) is 41.9. The number of nitrogens with zero attached hydrogens (tertiary/aromatic N) is 3. The van der Waals surface area contributed by atoms with Crippen LogP contribution in [0.3, 0.4) is 0 Å². The fraction of sp³-hybridized carbons (Fsp3) is 0.538. The predicted octanol–water partition coefficient (Wildman–Crippen LogP) is 1.51. The maximum absolute atomic E-state index is 13.0. The second-order valence-corrected chi connectivity index (χ2v) is 10.4. The Labute approximate surface area is 222 Å². The Morgan fingerprint density at radius 1 is 1.27 bits per heavy atom. The van der Waals surface area contributed by atoms with E-state index in [9.17, 15) is 24.8 Å². The summed E-state index contributed by atoms with van der Waals surface area (Å²) in [5.41, 5.74) is 1.09. The molecule has 0 bridgehead atoms. The average molecular weight is 529 g/mol. The number of likely N-dealkylation sites (tertiary alicyclic amines) is 1. The largest absolute Gasteiger partial charge is 0.392 e. The van der Waals surface area contributed by atoms with Crippen LogP contribution in [-0.2, 0) is 9.59 Å². The van der Waals surface area contributed by atoms with Gasteiger partial charge in [0, 0.05) is 37.4 Å². The van der Waals surface area contributed by atoms with E-state index in [0.717, 1.165) is 37.8 Å². The van der Waals surface area contributed by atoms with E-state index in [2.05, 4.69) is 20.9 Å². The molecule has 2 fully saturated rings. The van der Waals surface area contributed by atoms with Gasteiger partial charge in [0.05, 0.1) is 6.10 Å². The maximum Gasteiger partial charge on any atom is 0.264 e. The Hall–Kier alpha value is -3.07. The first kappa shape index (κ1) is 28.5. The molecule has 0 radical (unpaired) electrons. The van der Waals surface area contributed by atoms with Gasteiger partial charge in [-0.25, -0.2) is 0 Å².